The maximum absolute atomic E-state index is 11.5. The third-order valence-corrected chi connectivity index (χ3v) is 3.78. The smallest absolute Gasteiger partial charge is 0.235 e. The summed E-state index contributed by atoms with van der Waals surface area (Å²) in [7, 11) is -3.32. The highest BCUT2D eigenvalue weighted by Gasteiger charge is 2.14. The van der Waals surface area contributed by atoms with Gasteiger partial charge in [-0.1, -0.05) is 13.0 Å². The first kappa shape index (κ1) is 14.1. The molecule has 0 aromatic carbocycles. The largest absolute Gasteiger partial charge is 0.347 e. The van der Waals surface area contributed by atoms with Crippen LogP contribution in [0.4, 0.5) is 0 Å². The lowest BCUT2D eigenvalue weighted by Gasteiger charge is -2.15. The highest BCUT2D eigenvalue weighted by atomic mass is 32.2. The number of hydrogen-bond donors (Lipinski definition) is 2. The van der Waals surface area contributed by atoms with Gasteiger partial charge in [-0.2, -0.15) is 0 Å². The maximum atomic E-state index is 11.5. The summed E-state index contributed by atoms with van der Waals surface area (Å²) in [6, 6.07) is 3.82. The van der Waals surface area contributed by atoms with Crippen molar-refractivity contribution in [3.8, 4) is 0 Å². The van der Waals surface area contributed by atoms with Crippen molar-refractivity contribution in [2.45, 2.75) is 19.4 Å². The molecule has 0 saturated heterocycles. The normalized spacial score (nSPS) is 13.3. The second kappa shape index (κ2) is 6.13. The summed E-state index contributed by atoms with van der Waals surface area (Å²) >= 11 is 1.57. The fourth-order valence-corrected chi connectivity index (χ4v) is 2.56. The van der Waals surface area contributed by atoms with Crippen LogP contribution in [0.1, 0.15) is 24.3 Å². The minimum Gasteiger partial charge on any atom is -0.347 e. The Kier molecular flexibility index (Phi) is 5.10. The van der Waals surface area contributed by atoms with Crippen molar-refractivity contribution in [3.05, 3.63) is 22.4 Å². The van der Waals surface area contributed by atoms with Crippen LogP contribution in [0.15, 0.2) is 17.5 Å². The lowest BCUT2D eigenvalue weighted by Crippen LogP contribution is -2.37. The molecule has 0 radical (unpaired) electrons. The Hall–Kier alpha value is -0.920. The monoisotopic (exact) mass is 276 g/mol. The van der Waals surface area contributed by atoms with Crippen LogP contribution >= 0.6 is 11.3 Å². The molecule has 0 aliphatic carbocycles. The van der Waals surface area contributed by atoms with Crippen molar-refractivity contribution >= 4 is 27.3 Å². The summed E-state index contributed by atoms with van der Waals surface area (Å²) in [6.45, 7) is 1.75. The van der Waals surface area contributed by atoms with Gasteiger partial charge in [0.15, 0.2) is 0 Å². The molecular weight excluding hydrogens is 260 g/mol. The van der Waals surface area contributed by atoms with Crippen LogP contribution in [0.3, 0.4) is 0 Å². The van der Waals surface area contributed by atoms with Gasteiger partial charge in [0.1, 0.15) is 0 Å². The Balaban J connectivity index is 2.49. The van der Waals surface area contributed by atoms with Crippen molar-refractivity contribution in [2.75, 3.05) is 12.8 Å². The molecule has 1 heterocycles. The van der Waals surface area contributed by atoms with Crippen LogP contribution in [0, 0.1) is 0 Å². The van der Waals surface area contributed by atoms with E-state index in [0.29, 0.717) is 0 Å². The first-order chi connectivity index (χ1) is 7.92. The van der Waals surface area contributed by atoms with Crippen molar-refractivity contribution in [3.63, 3.8) is 0 Å². The third-order valence-electron chi connectivity index (χ3n) is 2.13. The van der Waals surface area contributed by atoms with Crippen LogP contribution in [0.25, 0.3) is 0 Å². The van der Waals surface area contributed by atoms with Crippen LogP contribution in [-0.4, -0.2) is 27.1 Å². The average molecular weight is 276 g/mol. The summed E-state index contributed by atoms with van der Waals surface area (Å²) in [5.41, 5.74) is 0. The van der Waals surface area contributed by atoms with Gasteiger partial charge in [0.2, 0.25) is 15.9 Å². The molecule has 96 valence electrons. The molecule has 17 heavy (non-hydrogen) atoms. The fraction of sp³-hybridized carbons (Fsp3) is 0.500. The first-order valence-corrected chi connectivity index (χ1v) is 7.97. The molecule has 1 rings (SSSR count). The van der Waals surface area contributed by atoms with Crippen molar-refractivity contribution in [2.24, 2.45) is 0 Å². The Bertz CT molecular complexity index is 454. The molecule has 0 unspecified atom stereocenters. The van der Waals surface area contributed by atoms with E-state index in [2.05, 4.69) is 10.0 Å². The quantitative estimate of drug-likeness (QED) is 0.809. The summed E-state index contributed by atoms with van der Waals surface area (Å²) < 4.78 is 23.8. The number of hydrogen-bond acceptors (Lipinski definition) is 4. The Morgan fingerprint density at radius 2 is 2.24 bits per heavy atom. The highest BCUT2D eigenvalue weighted by molar-refractivity contribution is 7.88. The van der Waals surface area contributed by atoms with E-state index in [1.165, 1.54) is 0 Å². The van der Waals surface area contributed by atoms with E-state index in [4.69, 9.17) is 0 Å². The molecule has 5 nitrogen and oxygen atoms in total. The predicted molar refractivity (Wildman–Crippen MR) is 68.3 cm³/mol. The van der Waals surface area contributed by atoms with Crippen molar-refractivity contribution in [1.29, 1.82) is 0 Å². The fourth-order valence-electron chi connectivity index (χ4n) is 1.31. The van der Waals surface area contributed by atoms with Gasteiger partial charge in [-0.3, -0.25) is 4.79 Å². The van der Waals surface area contributed by atoms with Crippen LogP contribution in [0.5, 0.6) is 0 Å². The Morgan fingerprint density at radius 3 is 2.71 bits per heavy atom. The van der Waals surface area contributed by atoms with E-state index in [1.807, 2.05) is 24.4 Å². The number of nitrogens with one attached hydrogen (secondary N) is 2. The van der Waals surface area contributed by atoms with Crippen LogP contribution in [-0.2, 0) is 14.8 Å². The van der Waals surface area contributed by atoms with E-state index < -0.39 is 10.0 Å². The van der Waals surface area contributed by atoms with E-state index in [0.717, 1.165) is 17.6 Å². The van der Waals surface area contributed by atoms with Crippen LogP contribution < -0.4 is 10.0 Å². The minimum atomic E-state index is -3.32. The van der Waals surface area contributed by atoms with Gasteiger partial charge >= 0.3 is 0 Å². The zero-order chi connectivity index (χ0) is 12.9. The number of thiophene rings is 1. The number of carbonyl (C=O) groups is 1. The molecule has 2 N–H and O–H groups in total. The SMILES string of the molecule is CC[C@H](NC(=O)CNS(C)(=O)=O)c1cccs1. The highest BCUT2D eigenvalue weighted by Crippen LogP contribution is 2.21. The van der Waals surface area contributed by atoms with Gasteiger partial charge in [0.05, 0.1) is 18.8 Å². The zero-order valence-electron chi connectivity index (χ0n) is 9.76. The lowest BCUT2D eigenvalue weighted by molar-refractivity contribution is -0.120. The van der Waals surface area contributed by atoms with Gasteiger partial charge in [-0.25, -0.2) is 13.1 Å². The molecule has 1 atom stereocenters. The molecule has 1 aromatic rings. The minimum absolute atomic E-state index is 0.0520. The molecule has 0 aliphatic rings. The van der Waals surface area contributed by atoms with E-state index in [9.17, 15) is 13.2 Å². The first-order valence-electron chi connectivity index (χ1n) is 5.19. The van der Waals surface area contributed by atoms with Crippen LogP contribution in [0.2, 0.25) is 0 Å². The van der Waals surface area contributed by atoms with E-state index in [-0.39, 0.29) is 18.5 Å². The lowest BCUT2D eigenvalue weighted by atomic mass is 10.2. The average Bonchev–Trinajstić information content (AvgIpc) is 2.75. The van der Waals surface area contributed by atoms with Gasteiger partial charge in [0, 0.05) is 4.88 Å². The van der Waals surface area contributed by atoms with E-state index in [1.54, 1.807) is 11.3 Å². The number of amides is 1. The van der Waals surface area contributed by atoms with Gasteiger partial charge < -0.3 is 5.32 Å². The maximum Gasteiger partial charge on any atom is 0.235 e. The summed E-state index contributed by atoms with van der Waals surface area (Å²) in [5.74, 6) is -0.323. The third kappa shape index (κ3) is 5.29. The van der Waals surface area contributed by atoms with Crippen molar-refractivity contribution in [1.82, 2.24) is 10.0 Å². The molecule has 7 heteroatoms. The zero-order valence-corrected chi connectivity index (χ0v) is 11.4. The second-order valence-electron chi connectivity index (χ2n) is 3.64. The summed E-state index contributed by atoms with van der Waals surface area (Å²) in [5, 5.41) is 4.73. The molecule has 0 spiro atoms. The number of rotatable bonds is 6. The molecule has 1 amide bonds. The molecule has 0 saturated carbocycles. The number of carbonyl (C=O) groups excluding carboxylic acids is 1. The van der Waals surface area contributed by atoms with Gasteiger partial charge in [-0.15, -0.1) is 11.3 Å². The van der Waals surface area contributed by atoms with E-state index >= 15 is 0 Å². The molecule has 0 fully saturated rings. The van der Waals surface area contributed by atoms with Gasteiger partial charge in [-0.05, 0) is 17.9 Å². The van der Waals surface area contributed by atoms with Gasteiger partial charge in [0.25, 0.3) is 0 Å². The standard InChI is InChI=1S/C10H16N2O3S2/c1-3-8(9-5-4-6-16-9)12-10(13)7-11-17(2,14)15/h4-6,8,11H,3,7H2,1-2H3,(H,12,13)/t8-/m0/s1. The second-order valence-corrected chi connectivity index (χ2v) is 6.45. The molecule has 1 aromatic heterocycles. The molecular formula is C10H16N2O3S2. The summed E-state index contributed by atoms with van der Waals surface area (Å²) in [6.07, 6.45) is 1.79. The topological polar surface area (TPSA) is 75.3 Å². The predicted octanol–water partition coefficient (Wildman–Crippen LogP) is 0.865. The molecule has 0 bridgehead atoms. The Labute approximate surface area is 105 Å². The summed E-state index contributed by atoms with van der Waals surface area (Å²) in [4.78, 5) is 12.6. The number of sulfonamides is 1. The molecule has 0 aliphatic heterocycles. The van der Waals surface area contributed by atoms with Crippen molar-refractivity contribution < 1.29 is 13.2 Å². The Morgan fingerprint density at radius 1 is 1.53 bits per heavy atom.